The third-order valence-corrected chi connectivity index (χ3v) is 4.48. The molecule has 0 amide bonds. The van der Waals surface area contributed by atoms with Crippen LogP contribution in [0.4, 0.5) is 4.39 Å². The third-order valence-electron chi connectivity index (χ3n) is 4.19. The Hall–Kier alpha value is -0.600. The predicted octanol–water partition coefficient (Wildman–Crippen LogP) is 4.58. The van der Waals surface area contributed by atoms with Crippen LogP contribution < -0.4 is 5.32 Å². The number of hydrogen-bond donors (Lipinski definition) is 1. The molecule has 0 unspecified atom stereocenters. The molecule has 0 saturated heterocycles. The molecule has 2 rings (SSSR count). The molecule has 19 heavy (non-hydrogen) atoms. The molecule has 1 aliphatic rings. The highest BCUT2D eigenvalue weighted by molar-refractivity contribution is 6.30. The van der Waals surface area contributed by atoms with E-state index in [9.17, 15) is 4.39 Å². The Kier molecular flexibility index (Phi) is 5.23. The fourth-order valence-corrected chi connectivity index (χ4v) is 3.35. The molecule has 0 aromatic heterocycles. The second-order valence-corrected chi connectivity index (χ2v) is 6.18. The van der Waals surface area contributed by atoms with Gasteiger partial charge in [-0.15, -0.1) is 0 Å². The van der Waals surface area contributed by atoms with E-state index in [1.54, 1.807) is 6.07 Å². The van der Waals surface area contributed by atoms with Crippen molar-refractivity contribution in [2.75, 3.05) is 13.1 Å². The second kappa shape index (κ2) is 6.71. The van der Waals surface area contributed by atoms with Gasteiger partial charge >= 0.3 is 0 Å². The Morgan fingerprint density at radius 1 is 1.32 bits per heavy atom. The lowest BCUT2D eigenvalue weighted by Gasteiger charge is -2.30. The van der Waals surface area contributed by atoms with Crippen LogP contribution in [-0.4, -0.2) is 13.1 Å². The zero-order valence-electron chi connectivity index (χ0n) is 11.6. The molecule has 1 N–H and O–H groups in total. The van der Waals surface area contributed by atoms with Gasteiger partial charge in [0.2, 0.25) is 0 Å². The van der Waals surface area contributed by atoms with Gasteiger partial charge in [-0.1, -0.05) is 43.5 Å². The van der Waals surface area contributed by atoms with Crippen molar-refractivity contribution in [2.24, 2.45) is 5.41 Å². The van der Waals surface area contributed by atoms with E-state index in [0.29, 0.717) is 0 Å². The lowest BCUT2D eigenvalue weighted by molar-refractivity contribution is 0.275. The SMILES string of the molecule is CCCNCC1(Cc2cccc(Cl)c2F)CCCC1. The van der Waals surface area contributed by atoms with E-state index in [1.165, 1.54) is 25.7 Å². The molecule has 0 spiro atoms. The van der Waals surface area contributed by atoms with Crippen LogP contribution in [0.25, 0.3) is 0 Å². The smallest absolute Gasteiger partial charge is 0.144 e. The molecule has 1 aromatic carbocycles. The average Bonchev–Trinajstić information content (AvgIpc) is 2.84. The van der Waals surface area contributed by atoms with E-state index in [2.05, 4.69) is 12.2 Å². The Bertz CT molecular complexity index is 413. The largest absolute Gasteiger partial charge is 0.316 e. The molecule has 1 aliphatic carbocycles. The van der Waals surface area contributed by atoms with Gasteiger partial charge in [0.15, 0.2) is 0 Å². The van der Waals surface area contributed by atoms with E-state index in [1.807, 2.05) is 12.1 Å². The summed E-state index contributed by atoms with van der Waals surface area (Å²) in [4.78, 5) is 0. The number of hydrogen-bond acceptors (Lipinski definition) is 1. The summed E-state index contributed by atoms with van der Waals surface area (Å²) in [6, 6.07) is 5.35. The standard InChI is InChI=1S/C16H23ClFN/c1-2-10-19-12-16(8-3-4-9-16)11-13-6-5-7-14(17)15(13)18/h5-7,19H,2-4,8-12H2,1H3. The molecule has 106 valence electrons. The Balaban J connectivity index is 2.09. The Labute approximate surface area is 120 Å². The molecule has 1 nitrogen and oxygen atoms in total. The lowest BCUT2D eigenvalue weighted by Crippen LogP contribution is -2.34. The highest BCUT2D eigenvalue weighted by atomic mass is 35.5. The van der Waals surface area contributed by atoms with Crippen LogP contribution in [0.3, 0.4) is 0 Å². The number of nitrogens with one attached hydrogen (secondary N) is 1. The Morgan fingerprint density at radius 3 is 2.74 bits per heavy atom. The van der Waals surface area contributed by atoms with Gasteiger partial charge in [-0.2, -0.15) is 0 Å². The molecule has 1 saturated carbocycles. The molecule has 3 heteroatoms. The average molecular weight is 284 g/mol. The zero-order chi connectivity index (χ0) is 13.7. The predicted molar refractivity (Wildman–Crippen MR) is 79.2 cm³/mol. The maximum Gasteiger partial charge on any atom is 0.144 e. The van der Waals surface area contributed by atoms with Crippen LogP contribution in [0.1, 0.15) is 44.6 Å². The van der Waals surface area contributed by atoms with Gasteiger partial charge in [-0.25, -0.2) is 4.39 Å². The summed E-state index contributed by atoms with van der Waals surface area (Å²) in [5, 5.41) is 3.76. The van der Waals surface area contributed by atoms with Crippen molar-refractivity contribution >= 4 is 11.6 Å². The summed E-state index contributed by atoms with van der Waals surface area (Å²) in [6.07, 6.45) is 6.84. The monoisotopic (exact) mass is 283 g/mol. The summed E-state index contributed by atoms with van der Waals surface area (Å²) in [7, 11) is 0. The number of benzene rings is 1. The van der Waals surface area contributed by atoms with Gasteiger partial charge in [0, 0.05) is 6.54 Å². The minimum absolute atomic E-state index is 0.223. The molecule has 0 bridgehead atoms. The molecular formula is C16H23ClFN. The van der Waals surface area contributed by atoms with Gasteiger partial charge in [-0.05, 0) is 49.3 Å². The lowest BCUT2D eigenvalue weighted by atomic mass is 9.79. The number of rotatable bonds is 6. The first-order valence-corrected chi connectivity index (χ1v) is 7.68. The topological polar surface area (TPSA) is 12.0 Å². The van der Waals surface area contributed by atoms with E-state index >= 15 is 0 Å². The van der Waals surface area contributed by atoms with Crippen LogP contribution in [-0.2, 0) is 6.42 Å². The highest BCUT2D eigenvalue weighted by Gasteiger charge is 2.34. The van der Waals surface area contributed by atoms with Crippen molar-refractivity contribution in [3.05, 3.63) is 34.6 Å². The van der Waals surface area contributed by atoms with Gasteiger partial charge in [0.1, 0.15) is 5.82 Å². The molecule has 0 radical (unpaired) electrons. The van der Waals surface area contributed by atoms with Crippen LogP contribution in [0.2, 0.25) is 5.02 Å². The quantitative estimate of drug-likeness (QED) is 0.754. The highest BCUT2D eigenvalue weighted by Crippen LogP contribution is 2.41. The van der Waals surface area contributed by atoms with Crippen LogP contribution in [0.15, 0.2) is 18.2 Å². The first-order chi connectivity index (χ1) is 9.17. The summed E-state index contributed by atoms with van der Waals surface area (Å²) in [5.41, 5.74) is 0.994. The van der Waals surface area contributed by atoms with Crippen molar-refractivity contribution in [2.45, 2.75) is 45.4 Å². The van der Waals surface area contributed by atoms with E-state index in [0.717, 1.165) is 31.5 Å². The van der Waals surface area contributed by atoms with Crippen LogP contribution in [0.5, 0.6) is 0 Å². The van der Waals surface area contributed by atoms with Crippen LogP contribution in [0, 0.1) is 11.2 Å². The molecule has 0 heterocycles. The van der Waals surface area contributed by atoms with Gasteiger partial charge in [-0.3, -0.25) is 0 Å². The maximum atomic E-state index is 14.1. The first kappa shape index (κ1) is 14.8. The van der Waals surface area contributed by atoms with Gasteiger partial charge in [0.25, 0.3) is 0 Å². The van der Waals surface area contributed by atoms with Crippen molar-refractivity contribution in [1.29, 1.82) is 0 Å². The fraction of sp³-hybridized carbons (Fsp3) is 0.625. The maximum absolute atomic E-state index is 14.1. The fourth-order valence-electron chi connectivity index (χ4n) is 3.16. The Morgan fingerprint density at radius 2 is 2.05 bits per heavy atom. The minimum atomic E-state index is -0.231. The molecule has 1 fully saturated rings. The van der Waals surface area contributed by atoms with E-state index in [-0.39, 0.29) is 16.3 Å². The van der Waals surface area contributed by atoms with Gasteiger partial charge < -0.3 is 5.32 Å². The summed E-state index contributed by atoms with van der Waals surface area (Å²) < 4.78 is 14.1. The van der Waals surface area contributed by atoms with Crippen molar-refractivity contribution < 1.29 is 4.39 Å². The van der Waals surface area contributed by atoms with E-state index < -0.39 is 0 Å². The molecule has 0 aliphatic heterocycles. The number of halogens is 2. The normalized spacial score (nSPS) is 17.8. The van der Waals surface area contributed by atoms with Crippen LogP contribution >= 0.6 is 11.6 Å². The zero-order valence-corrected chi connectivity index (χ0v) is 12.4. The van der Waals surface area contributed by atoms with E-state index in [4.69, 9.17) is 11.6 Å². The summed E-state index contributed by atoms with van der Waals surface area (Å²) in [6.45, 7) is 4.21. The second-order valence-electron chi connectivity index (χ2n) is 5.77. The van der Waals surface area contributed by atoms with Crippen molar-refractivity contribution in [3.63, 3.8) is 0 Å². The minimum Gasteiger partial charge on any atom is -0.316 e. The molecular weight excluding hydrogens is 261 g/mol. The third kappa shape index (κ3) is 3.70. The van der Waals surface area contributed by atoms with Gasteiger partial charge in [0.05, 0.1) is 5.02 Å². The summed E-state index contributed by atoms with van der Waals surface area (Å²) >= 11 is 5.88. The van der Waals surface area contributed by atoms with Crippen molar-refractivity contribution in [3.8, 4) is 0 Å². The molecule has 1 aromatic rings. The first-order valence-electron chi connectivity index (χ1n) is 7.30. The molecule has 0 atom stereocenters. The van der Waals surface area contributed by atoms with Crippen molar-refractivity contribution in [1.82, 2.24) is 5.32 Å². The summed E-state index contributed by atoms with van der Waals surface area (Å²) in [5.74, 6) is -0.231.